The van der Waals surface area contributed by atoms with Gasteiger partial charge >= 0.3 is 6.09 Å². The zero-order valence-corrected chi connectivity index (χ0v) is 16.8. The molecule has 6 nitrogen and oxygen atoms in total. The normalized spacial score (nSPS) is 26.8. The van der Waals surface area contributed by atoms with Crippen molar-refractivity contribution in [1.29, 1.82) is 0 Å². The van der Waals surface area contributed by atoms with Crippen LogP contribution in [0.25, 0.3) is 0 Å². The third-order valence-corrected chi connectivity index (χ3v) is 5.57. The molecule has 3 N–H and O–H groups in total. The van der Waals surface area contributed by atoms with Gasteiger partial charge in [0.2, 0.25) is 0 Å². The molecule has 3 rings (SSSR count). The van der Waals surface area contributed by atoms with Gasteiger partial charge in [-0.25, -0.2) is 27.3 Å². The monoisotopic (exact) mass is 435 g/mol. The lowest BCUT2D eigenvalue weighted by molar-refractivity contribution is -0.0359. The molecule has 2 aliphatic heterocycles. The van der Waals surface area contributed by atoms with E-state index < -0.39 is 53.9 Å². The first kappa shape index (κ1) is 21.7. The highest BCUT2D eigenvalue weighted by molar-refractivity contribution is 8.13. The third-order valence-electron chi connectivity index (χ3n) is 4.58. The Morgan fingerprint density at radius 2 is 2.10 bits per heavy atom. The molecule has 0 aromatic heterocycles. The summed E-state index contributed by atoms with van der Waals surface area (Å²) in [6, 6.07) is 1.96. The summed E-state index contributed by atoms with van der Waals surface area (Å²) in [5, 5.41) is 2.47. The van der Waals surface area contributed by atoms with Crippen molar-refractivity contribution in [3.8, 4) is 0 Å². The zero-order chi connectivity index (χ0) is 21.6. The number of nitrogens with one attached hydrogen (secondary N) is 1. The number of thioether (sulfide) groups is 1. The van der Waals surface area contributed by atoms with E-state index in [0.29, 0.717) is 0 Å². The molecule has 0 aliphatic carbocycles. The number of aliphatic imine (C=N–C) groups is 1. The Labute approximate surface area is 169 Å². The molecule has 3 atom stereocenters. The summed E-state index contributed by atoms with van der Waals surface area (Å²) >= 11 is 1.000. The maximum absolute atomic E-state index is 14.7. The number of carbonyl (C=O) groups is 1. The van der Waals surface area contributed by atoms with Crippen LogP contribution in [0.1, 0.15) is 26.3 Å². The molecule has 0 spiro atoms. The van der Waals surface area contributed by atoms with Crippen LogP contribution in [-0.4, -0.2) is 41.8 Å². The number of fused-ring (bicyclic) bond motifs is 1. The molecule has 1 amide bonds. The fraction of sp³-hybridized carbons (Fsp3) is 0.556. The highest BCUT2D eigenvalue weighted by atomic mass is 32.2. The number of alkyl carbamates (subject to hydrolysis) is 1. The summed E-state index contributed by atoms with van der Waals surface area (Å²) in [7, 11) is 0. The SMILES string of the molecule is CC(C)(C)OC(=O)NC1=N[C@@]2(c3cc(N)cc(F)c3F)CO[C@H](C(F)F)[C@H]2CS1. The average molecular weight is 435 g/mol. The topological polar surface area (TPSA) is 85.9 Å². The van der Waals surface area contributed by atoms with Crippen LogP contribution in [0.3, 0.4) is 0 Å². The maximum atomic E-state index is 14.7. The number of amides is 1. The predicted molar refractivity (Wildman–Crippen MR) is 101 cm³/mol. The van der Waals surface area contributed by atoms with Crippen LogP contribution in [0, 0.1) is 17.6 Å². The van der Waals surface area contributed by atoms with Crippen molar-refractivity contribution in [3.63, 3.8) is 0 Å². The first-order valence-electron chi connectivity index (χ1n) is 8.80. The van der Waals surface area contributed by atoms with Gasteiger partial charge in [-0.15, -0.1) is 0 Å². The lowest BCUT2D eigenvalue weighted by atomic mass is 9.78. The fourth-order valence-corrected chi connectivity index (χ4v) is 4.60. The maximum Gasteiger partial charge on any atom is 0.413 e. The second kappa shape index (κ2) is 7.67. The Kier molecular flexibility index (Phi) is 5.74. The van der Waals surface area contributed by atoms with Gasteiger partial charge < -0.3 is 15.2 Å². The number of hydrogen-bond donors (Lipinski definition) is 2. The molecule has 2 heterocycles. The lowest BCUT2D eigenvalue weighted by Crippen LogP contribution is -2.46. The Balaban J connectivity index is 2.04. The molecule has 1 saturated heterocycles. The van der Waals surface area contributed by atoms with Crippen molar-refractivity contribution in [2.75, 3.05) is 18.1 Å². The van der Waals surface area contributed by atoms with E-state index >= 15 is 0 Å². The van der Waals surface area contributed by atoms with Gasteiger partial charge in [0.25, 0.3) is 6.43 Å². The number of nitrogen functional groups attached to an aromatic ring is 1. The minimum absolute atomic E-state index is 0.0382. The molecule has 2 aliphatic rings. The number of nitrogens with two attached hydrogens (primary N) is 1. The molecule has 1 aromatic carbocycles. The van der Waals surface area contributed by atoms with Crippen LogP contribution < -0.4 is 11.1 Å². The molecule has 1 aromatic rings. The van der Waals surface area contributed by atoms with Gasteiger partial charge in [0.05, 0.1) is 6.61 Å². The molecule has 0 unspecified atom stereocenters. The summed E-state index contributed by atoms with van der Waals surface area (Å²) in [5.74, 6) is -3.37. The quantitative estimate of drug-likeness (QED) is 0.547. The van der Waals surface area contributed by atoms with E-state index in [1.165, 1.54) is 0 Å². The van der Waals surface area contributed by atoms with Gasteiger partial charge in [0.1, 0.15) is 17.2 Å². The summed E-state index contributed by atoms with van der Waals surface area (Å²) in [4.78, 5) is 16.4. The van der Waals surface area contributed by atoms with E-state index in [2.05, 4.69) is 10.3 Å². The van der Waals surface area contributed by atoms with Gasteiger partial charge in [-0.05, 0) is 32.9 Å². The van der Waals surface area contributed by atoms with E-state index in [0.717, 1.165) is 23.9 Å². The van der Waals surface area contributed by atoms with Gasteiger partial charge in [0, 0.05) is 22.9 Å². The van der Waals surface area contributed by atoms with Crippen molar-refractivity contribution in [2.45, 2.75) is 44.4 Å². The Bertz CT molecular complexity index is 846. The smallest absolute Gasteiger partial charge is 0.413 e. The summed E-state index contributed by atoms with van der Waals surface area (Å²) in [5.41, 5.74) is 2.86. The van der Waals surface area contributed by atoms with Gasteiger partial charge in [-0.3, -0.25) is 5.32 Å². The first-order chi connectivity index (χ1) is 13.4. The average Bonchev–Trinajstić information content (AvgIpc) is 2.96. The van der Waals surface area contributed by atoms with E-state index in [1.807, 2.05) is 0 Å². The fourth-order valence-electron chi connectivity index (χ4n) is 3.41. The van der Waals surface area contributed by atoms with Crippen molar-refractivity contribution in [1.82, 2.24) is 5.32 Å². The number of benzene rings is 1. The highest BCUT2D eigenvalue weighted by Gasteiger charge is 2.57. The number of rotatable bonds is 2. The number of halogens is 4. The van der Waals surface area contributed by atoms with Crippen LogP contribution in [0.5, 0.6) is 0 Å². The van der Waals surface area contributed by atoms with Gasteiger partial charge in [-0.1, -0.05) is 11.8 Å². The highest BCUT2D eigenvalue weighted by Crippen LogP contribution is 2.50. The number of hydrogen-bond acceptors (Lipinski definition) is 6. The Morgan fingerprint density at radius 1 is 1.41 bits per heavy atom. The number of amidine groups is 1. The Hall–Kier alpha value is -2.01. The van der Waals surface area contributed by atoms with Crippen LogP contribution >= 0.6 is 11.8 Å². The van der Waals surface area contributed by atoms with Crippen molar-refractivity contribution in [2.24, 2.45) is 10.9 Å². The van der Waals surface area contributed by atoms with E-state index in [1.54, 1.807) is 20.8 Å². The van der Waals surface area contributed by atoms with Crippen LogP contribution in [0.2, 0.25) is 0 Å². The molecule has 1 fully saturated rings. The number of carbonyl (C=O) groups excluding carboxylic acids is 1. The number of nitrogens with zero attached hydrogens (tertiary/aromatic N) is 1. The molecular formula is C18H21F4N3O3S. The molecule has 11 heteroatoms. The molecule has 160 valence electrons. The molecule has 0 radical (unpaired) electrons. The van der Waals surface area contributed by atoms with E-state index in [-0.39, 0.29) is 22.2 Å². The van der Waals surface area contributed by atoms with Crippen molar-refractivity contribution >= 4 is 28.7 Å². The van der Waals surface area contributed by atoms with Crippen LogP contribution in [0.4, 0.5) is 28.0 Å². The molecule has 29 heavy (non-hydrogen) atoms. The lowest BCUT2D eigenvalue weighted by Gasteiger charge is -2.36. The third kappa shape index (κ3) is 4.30. The standard InChI is InChI=1S/C18H21F4N3O3S/c1-17(2,3)28-16(26)24-15-25-18(9-4-8(23)5-11(19)12(9)20)7-27-13(14(21)22)10(18)6-29-15/h4-5,10,13-14H,6-7,23H2,1-3H3,(H,24,25,26)/t10-,13+,18-/m1/s1. The number of alkyl halides is 2. The largest absolute Gasteiger partial charge is 0.444 e. The molecule has 0 saturated carbocycles. The Morgan fingerprint density at radius 3 is 2.72 bits per heavy atom. The van der Waals surface area contributed by atoms with Crippen LogP contribution in [0.15, 0.2) is 17.1 Å². The summed E-state index contributed by atoms with van der Waals surface area (Å²) in [6.07, 6.45) is -5.16. The summed E-state index contributed by atoms with van der Waals surface area (Å²) < 4.78 is 66.1. The molecule has 0 bridgehead atoms. The molecular weight excluding hydrogens is 414 g/mol. The number of anilines is 1. The number of ether oxygens (including phenoxy) is 2. The van der Waals surface area contributed by atoms with E-state index in [4.69, 9.17) is 15.2 Å². The zero-order valence-electron chi connectivity index (χ0n) is 16.0. The second-order valence-corrected chi connectivity index (χ2v) is 8.87. The first-order valence-corrected chi connectivity index (χ1v) is 9.79. The minimum atomic E-state index is -2.84. The van der Waals surface area contributed by atoms with E-state index in [9.17, 15) is 22.4 Å². The predicted octanol–water partition coefficient (Wildman–Crippen LogP) is 3.65. The van der Waals surface area contributed by atoms with Crippen molar-refractivity contribution in [3.05, 3.63) is 29.3 Å². The second-order valence-electron chi connectivity index (χ2n) is 7.86. The minimum Gasteiger partial charge on any atom is -0.444 e. The van der Waals surface area contributed by atoms with Gasteiger partial charge in [0.15, 0.2) is 16.8 Å². The summed E-state index contributed by atoms with van der Waals surface area (Å²) in [6.45, 7) is 4.60. The van der Waals surface area contributed by atoms with Crippen molar-refractivity contribution < 1.29 is 31.8 Å². The van der Waals surface area contributed by atoms with Gasteiger partial charge in [-0.2, -0.15) is 0 Å². The van der Waals surface area contributed by atoms with Crippen LogP contribution in [-0.2, 0) is 15.0 Å².